The number of rotatable bonds is 5. The molecule has 35 heavy (non-hydrogen) atoms. The number of benzene rings is 3. The van der Waals surface area contributed by atoms with Crippen LogP contribution in [0.2, 0.25) is 0 Å². The van der Waals surface area contributed by atoms with E-state index in [-0.39, 0.29) is 6.04 Å². The Labute approximate surface area is 207 Å². The molecule has 1 N–H and O–H groups in total. The molecule has 1 atom stereocenters. The highest BCUT2D eigenvalue weighted by atomic mass is 16.5. The van der Waals surface area contributed by atoms with Crippen molar-refractivity contribution in [2.45, 2.75) is 32.4 Å². The van der Waals surface area contributed by atoms with Gasteiger partial charge in [0.1, 0.15) is 0 Å². The van der Waals surface area contributed by atoms with Crippen molar-refractivity contribution in [1.82, 2.24) is 14.5 Å². The summed E-state index contributed by atoms with van der Waals surface area (Å²) >= 11 is 0. The van der Waals surface area contributed by atoms with Gasteiger partial charge in [0.05, 0.1) is 25.6 Å². The molecule has 5 nitrogen and oxygen atoms in total. The Bertz CT molecular complexity index is 1310. The molecule has 1 saturated heterocycles. The summed E-state index contributed by atoms with van der Waals surface area (Å²) in [5.74, 6) is 0. The van der Waals surface area contributed by atoms with Crippen LogP contribution in [-0.2, 0) is 24.1 Å². The van der Waals surface area contributed by atoms with Crippen LogP contribution >= 0.6 is 0 Å². The molecule has 6 rings (SSSR count). The number of ether oxygens (including phenoxy) is 1. The second kappa shape index (κ2) is 9.68. The Balaban J connectivity index is 1.29. The van der Waals surface area contributed by atoms with E-state index in [1.807, 2.05) is 12.5 Å². The number of fused-ring (bicyclic) bond motifs is 2. The quantitative estimate of drug-likeness (QED) is 0.423. The maximum Gasteiger partial charge on any atom is 0.0954 e. The molecule has 1 fully saturated rings. The van der Waals surface area contributed by atoms with Gasteiger partial charge in [-0.2, -0.15) is 0 Å². The van der Waals surface area contributed by atoms with E-state index in [9.17, 15) is 0 Å². The van der Waals surface area contributed by atoms with Gasteiger partial charge in [0.25, 0.3) is 0 Å². The standard InChI is InChI=1S/C30H32N4O/c1-22-4-2-3-5-27(22)30(34-13-12-31-21-34)26-9-11-29-25(19-26)8-7-24-18-23(6-10-28(24)32-29)20-33-14-16-35-17-15-33/h2-6,9-13,18-19,21,30,32H,7-8,14-17,20H2,1H3. The van der Waals surface area contributed by atoms with Crippen molar-refractivity contribution in [3.05, 3.63) is 113 Å². The molecule has 0 radical (unpaired) electrons. The van der Waals surface area contributed by atoms with Gasteiger partial charge in [-0.3, -0.25) is 4.90 Å². The lowest BCUT2D eigenvalue weighted by Gasteiger charge is -2.26. The zero-order valence-electron chi connectivity index (χ0n) is 20.3. The van der Waals surface area contributed by atoms with E-state index in [0.29, 0.717) is 0 Å². The molecule has 1 aromatic heterocycles. The molecule has 2 aliphatic rings. The molecule has 1 unspecified atom stereocenters. The van der Waals surface area contributed by atoms with Crippen LogP contribution in [0.25, 0.3) is 0 Å². The molecule has 5 heteroatoms. The van der Waals surface area contributed by atoms with Crippen LogP contribution < -0.4 is 5.32 Å². The molecule has 0 spiro atoms. The predicted molar refractivity (Wildman–Crippen MR) is 140 cm³/mol. The highest BCUT2D eigenvalue weighted by Gasteiger charge is 2.21. The Kier molecular flexibility index (Phi) is 6.11. The average molecular weight is 465 g/mol. The summed E-state index contributed by atoms with van der Waals surface area (Å²) in [6, 6.07) is 22.6. The zero-order valence-corrected chi connectivity index (χ0v) is 20.3. The molecule has 4 aromatic rings. The third kappa shape index (κ3) is 4.62. The highest BCUT2D eigenvalue weighted by Crippen LogP contribution is 2.35. The minimum Gasteiger partial charge on any atom is -0.379 e. The van der Waals surface area contributed by atoms with Crippen LogP contribution in [0.3, 0.4) is 0 Å². The van der Waals surface area contributed by atoms with Crippen LogP contribution in [0.1, 0.15) is 39.4 Å². The molecule has 3 aromatic carbocycles. The molecule has 0 amide bonds. The summed E-state index contributed by atoms with van der Waals surface area (Å²) < 4.78 is 7.72. The lowest BCUT2D eigenvalue weighted by molar-refractivity contribution is 0.0342. The van der Waals surface area contributed by atoms with Crippen molar-refractivity contribution in [3.8, 4) is 0 Å². The van der Waals surface area contributed by atoms with Crippen LogP contribution in [0.15, 0.2) is 79.4 Å². The Hall–Kier alpha value is -3.41. The van der Waals surface area contributed by atoms with Crippen LogP contribution in [0.5, 0.6) is 0 Å². The van der Waals surface area contributed by atoms with Crippen molar-refractivity contribution in [3.63, 3.8) is 0 Å². The van der Waals surface area contributed by atoms with E-state index in [1.54, 1.807) is 0 Å². The number of anilines is 2. The smallest absolute Gasteiger partial charge is 0.0954 e. The van der Waals surface area contributed by atoms with Crippen molar-refractivity contribution in [1.29, 1.82) is 0 Å². The number of hydrogen-bond donors (Lipinski definition) is 1. The lowest BCUT2D eigenvalue weighted by Crippen LogP contribution is -2.35. The molecule has 0 aliphatic carbocycles. The van der Waals surface area contributed by atoms with Crippen molar-refractivity contribution >= 4 is 11.4 Å². The Morgan fingerprint density at radius 3 is 2.49 bits per heavy atom. The van der Waals surface area contributed by atoms with Crippen molar-refractivity contribution in [2.75, 3.05) is 31.6 Å². The minimum atomic E-state index is 0.106. The molecule has 178 valence electrons. The fourth-order valence-electron chi connectivity index (χ4n) is 5.45. The Morgan fingerprint density at radius 1 is 0.943 bits per heavy atom. The van der Waals surface area contributed by atoms with Gasteiger partial charge in [-0.25, -0.2) is 4.98 Å². The van der Waals surface area contributed by atoms with Crippen LogP contribution in [-0.4, -0.2) is 40.8 Å². The third-order valence-electron chi connectivity index (χ3n) is 7.36. The number of aromatic nitrogens is 2. The number of aryl methyl sites for hydroxylation is 3. The fraction of sp³-hybridized carbons (Fsp3) is 0.300. The van der Waals surface area contributed by atoms with E-state index in [2.05, 4.69) is 93.6 Å². The van der Waals surface area contributed by atoms with Crippen LogP contribution in [0.4, 0.5) is 11.4 Å². The molecular formula is C30H32N4O. The van der Waals surface area contributed by atoms with E-state index in [0.717, 1.165) is 45.7 Å². The van der Waals surface area contributed by atoms with E-state index < -0.39 is 0 Å². The van der Waals surface area contributed by atoms with Gasteiger partial charge >= 0.3 is 0 Å². The lowest BCUT2D eigenvalue weighted by atomic mass is 9.92. The highest BCUT2D eigenvalue weighted by molar-refractivity contribution is 5.69. The summed E-state index contributed by atoms with van der Waals surface area (Å²) in [6.45, 7) is 6.90. The summed E-state index contributed by atoms with van der Waals surface area (Å²) in [4.78, 5) is 6.83. The average Bonchev–Trinajstić information content (AvgIpc) is 3.35. The van der Waals surface area contributed by atoms with Gasteiger partial charge in [0, 0.05) is 43.4 Å². The Morgan fingerprint density at radius 2 is 1.71 bits per heavy atom. The molecule has 3 heterocycles. The van der Waals surface area contributed by atoms with Gasteiger partial charge in [-0.1, -0.05) is 48.5 Å². The fourth-order valence-corrected chi connectivity index (χ4v) is 5.45. The second-order valence-corrected chi connectivity index (χ2v) is 9.69. The normalized spacial score (nSPS) is 16.6. The van der Waals surface area contributed by atoms with Gasteiger partial charge in [-0.05, 0) is 65.3 Å². The number of hydrogen-bond acceptors (Lipinski definition) is 4. The first-order valence-corrected chi connectivity index (χ1v) is 12.6. The first kappa shape index (κ1) is 22.1. The maximum atomic E-state index is 5.51. The summed E-state index contributed by atoms with van der Waals surface area (Å²) in [6.07, 6.45) is 7.91. The number of imidazole rings is 1. The van der Waals surface area contributed by atoms with Crippen molar-refractivity contribution in [2.24, 2.45) is 0 Å². The van der Waals surface area contributed by atoms with Gasteiger partial charge in [-0.15, -0.1) is 0 Å². The molecular weight excluding hydrogens is 432 g/mol. The van der Waals surface area contributed by atoms with E-state index in [4.69, 9.17) is 4.74 Å². The van der Waals surface area contributed by atoms with Crippen molar-refractivity contribution < 1.29 is 4.74 Å². The predicted octanol–water partition coefficient (Wildman–Crippen LogP) is 5.50. The van der Waals surface area contributed by atoms with Gasteiger partial charge < -0.3 is 14.6 Å². The summed E-state index contributed by atoms with van der Waals surface area (Å²) in [5.41, 5.74) is 10.5. The van der Waals surface area contributed by atoms with Gasteiger partial charge in [0.2, 0.25) is 0 Å². The molecule has 2 aliphatic heterocycles. The minimum absolute atomic E-state index is 0.106. The number of nitrogens with one attached hydrogen (secondary N) is 1. The first-order valence-electron chi connectivity index (χ1n) is 12.6. The van der Waals surface area contributed by atoms with E-state index >= 15 is 0 Å². The second-order valence-electron chi connectivity index (χ2n) is 9.69. The van der Waals surface area contributed by atoms with Crippen LogP contribution in [0, 0.1) is 6.92 Å². The number of nitrogens with zero attached hydrogens (tertiary/aromatic N) is 3. The maximum absolute atomic E-state index is 5.51. The van der Waals surface area contributed by atoms with E-state index in [1.165, 1.54) is 44.8 Å². The first-order chi connectivity index (χ1) is 17.2. The summed E-state index contributed by atoms with van der Waals surface area (Å²) in [5, 5.41) is 3.73. The largest absolute Gasteiger partial charge is 0.379 e. The SMILES string of the molecule is Cc1ccccc1C(c1ccc2c(c1)CCc1cc(CN3CCOCC3)ccc1N2)n1ccnc1. The van der Waals surface area contributed by atoms with Gasteiger partial charge in [0.15, 0.2) is 0 Å². The molecule has 0 saturated carbocycles. The monoisotopic (exact) mass is 464 g/mol. The topological polar surface area (TPSA) is 42.3 Å². The molecule has 0 bridgehead atoms. The summed E-state index contributed by atoms with van der Waals surface area (Å²) in [7, 11) is 0. The zero-order chi connectivity index (χ0) is 23.6. The third-order valence-corrected chi connectivity index (χ3v) is 7.36. The number of morpholine rings is 1.